The molecule has 4 aromatic carbocycles. The maximum atomic E-state index is 12.8. The number of aromatic amines is 2. The molecule has 0 radical (unpaired) electrons. The second-order valence-corrected chi connectivity index (χ2v) is 33.1. The first-order valence-corrected chi connectivity index (χ1v) is 43.5. The number of nitrogens with one attached hydrogen (secondary N) is 2. The lowest BCUT2D eigenvalue weighted by atomic mass is 9.96. The van der Waals surface area contributed by atoms with E-state index in [1.807, 2.05) is 174 Å². The third-order valence-electron chi connectivity index (χ3n) is 24.7. The third-order valence-corrected chi connectivity index (χ3v) is 24.7. The molecule has 4 aliphatic heterocycles. The van der Waals surface area contributed by atoms with Crippen LogP contribution in [0.15, 0.2) is 280 Å². The van der Waals surface area contributed by atoms with Gasteiger partial charge in [-0.05, 0) is 215 Å². The normalized spacial score (nSPS) is 16.0. The summed E-state index contributed by atoms with van der Waals surface area (Å²) in [6, 6.07) is 70.5. The van der Waals surface area contributed by atoms with Crippen molar-refractivity contribution in [2.24, 2.45) is 30.7 Å². The third kappa shape index (κ3) is 20.5. The molecule has 123 heavy (non-hydrogen) atoms. The average molecular weight is 1640 g/mol. The lowest BCUT2D eigenvalue weighted by Gasteiger charge is -2.32. The quantitative estimate of drug-likeness (QED) is 0.0768. The van der Waals surface area contributed by atoms with E-state index in [1.165, 1.54) is 5.56 Å². The van der Waals surface area contributed by atoms with Crippen molar-refractivity contribution in [1.82, 2.24) is 93.0 Å². The lowest BCUT2D eigenvalue weighted by molar-refractivity contribution is -0.132. The Bertz CT molecular complexity index is 6130. The van der Waals surface area contributed by atoms with Crippen molar-refractivity contribution in [2.75, 3.05) is 52.4 Å². The minimum Gasteiger partial charge on any atom is -0.346 e. The molecule has 12 aromatic heterocycles. The predicted molar refractivity (Wildman–Crippen MR) is 482 cm³/mol. The molecule has 0 saturated carbocycles. The number of carbonyl (C=O) groups excluding carboxylic acids is 4. The maximum Gasteiger partial charge on any atom is 0.253 e. The summed E-state index contributed by atoms with van der Waals surface area (Å²) >= 11 is 0. The van der Waals surface area contributed by atoms with Crippen LogP contribution in [-0.4, -0.2) is 169 Å². The first kappa shape index (κ1) is 81.7. The Morgan fingerprint density at radius 1 is 0.358 bits per heavy atom. The summed E-state index contributed by atoms with van der Waals surface area (Å²) in [6.07, 6.45) is 34.0. The van der Waals surface area contributed by atoms with E-state index in [2.05, 4.69) is 163 Å². The molecule has 2 atom stereocenters. The van der Waals surface area contributed by atoms with Gasteiger partial charge in [0.15, 0.2) is 0 Å². The summed E-state index contributed by atoms with van der Waals surface area (Å²) in [4.78, 5) is 82.5. The number of nitrogens with zero attached hydrogens (tertiary/aromatic N) is 17. The number of aromatic nitrogens is 15. The Hall–Kier alpha value is -13.7. The van der Waals surface area contributed by atoms with Crippen LogP contribution in [0.3, 0.4) is 0 Å². The zero-order valence-corrected chi connectivity index (χ0v) is 69.8. The van der Waals surface area contributed by atoms with Crippen molar-refractivity contribution in [2.45, 2.75) is 110 Å². The molecule has 0 bridgehead atoms. The highest BCUT2D eigenvalue weighted by Gasteiger charge is 2.29. The molecule has 16 aromatic rings. The van der Waals surface area contributed by atoms with E-state index in [0.29, 0.717) is 36.5 Å². The van der Waals surface area contributed by atoms with Gasteiger partial charge in [0.05, 0.1) is 97.6 Å². The van der Waals surface area contributed by atoms with Crippen LogP contribution < -0.4 is 0 Å². The summed E-state index contributed by atoms with van der Waals surface area (Å²) in [7, 11) is 1.91. The number of H-pyrrole nitrogens is 2. The molecular weight excluding hydrogens is 1530 g/mol. The van der Waals surface area contributed by atoms with E-state index >= 15 is 0 Å². The van der Waals surface area contributed by atoms with Crippen LogP contribution in [0.2, 0.25) is 0 Å². The summed E-state index contributed by atoms with van der Waals surface area (Å²) in [6.45, 7) is 10.6. The number of hydrogen-bond donors (Lipinski definition) is 2. The summed E-state index contributed by atoms with van der Waals surface area (Å²) in [5.74, 6) is 3.10. The largest absolute Gasteiger partial charge is 0.346 e. The van der Waals surface area contributed by atoms with Gasteiger partial charge in [-0.15, -0.1) is 0 Å². The number of pyridine rings is 5. The van der Waals surface area contributed by atoms with Gasteiger partial charge in [0.25, 0.3) is 11.8 Å². The van der Waals surface area contributed by atoms with Crippen LogP contribution in [0.1, 0.15) is 102 Å². The van der Waals surface area contributed by atoms with Gasteiger partial charge in [0, 0.05) is 169 Å². The van der Waals surface area contributed by atoms with Gasteiger partial charge >= 0.3 is 0 Å². The van der Waals surface area contributed by atoms with Crippen molar-refractivity contribution < 1.29 is 19.2 Å². The number of likely N-dealkylation sites (tertiary alicyclic amines) is 4. The molecule has 0 aliphatic carbocycles. The molecule has 4 amide bonds. The number of benzene rings is 4. The van der Waals surface area contributed by atoms with Crippen molar-refractivity contribution in [1.29, 1.82) is 0 Å². The molecule has 20 rings (SSSR count). The number of aryl methyl sites for hydroxylation is 2. The Balaban J connectivity index is 0.000000116. The number of carbonyl (C=O) groups is 4. The van der Waals surface area contributed by atoms with E-state index in [9.17, 15) is 19.2 Å². The van der Waals surface area contributed by atoms with Gasteiger partial charge in [-0.25, -0.2) is 19.9 Å². The fourth-order valence-electron chi connectivity index (χ4n) is 17.8. The number of fused-ring (bicyclic) bond motifs is 4. The van der Waals surface area contributed by atoms with Gasteiger partial charge in [0.2, 0.25) is 11.8 Å². The van der Waals surface area contributed by atoms with Crippen LogP contribution in [-0.2, 0) is 55.7 Å². The SMILES string of the molecule is Cn1cc(-c2ccc3c(ccn3CC3CCN(C(=O)c4ccccc4)CC3)n2)cn1.O=C(CCc1ccccc1)N1CCC(Cn2ccc3nc(-c4ccccn4)ccc32)CC1.O=C(Cc1ccccc1)N1CCCC(Cn2ccc3nc(-c4cn[nH]c4)ccc32)CC1.O=C(c1ccccc1)N1CCCC(Cn2ccc3nc(-c4cn[nH]c4)ccc32)CC1. The predicted octanol–water partition coefficient (Wildman–Crippen LogP) is 17.6. The van der Waals surface area contributed by atoms with Crippen LogP contribution >= 0.6 is 0 Å². The minimum absolute atomic E-state index is 0.146. The molecule has 0 spiro atoms. The zero-order chi connectivity index (χ0) is 83.6. The first-order chi connectivity index (χ1) is 60.5. The van der Waals surface area contributed by atoms with Crippen molar-refractivity contribution in [3.05, 3.63) is 303 Å². The van der Waals surface area contributed by atoms with E-state index in [0.717, 1.165) is 255 Å². The zero-order valence-electron chi connectivity index (χ0n) is 69.8. The van der Waals surface area contributed by atoms with E-state index < -0.39 is 0 Å². The molecule has 4 saturated heterocycles. The smallest absolute Gasteiger partial charge is 0.253 e. The van der Waals surface area contributed by atoms with Crippen molar-refractivity contribution >= 4 is 67.8 Å². The Morgan fingerprint density at radius 2 is 0.740 bits per heavy atom. The Labute approximate surface area is 716 Å². The highest BCUT2D eigenvalue weighted by molar-refractivity contribution is 5.95. The van der Waals surface area contributed by atoms with Gasteiger partial charge in [-0.2, -0.15) is 15.3 Å². The second kappa shape index (κ2) is 39.2. The summed E-state index contributed by atoms with van der Waals surface area (Å²) in [5, 5.41) is 17.9. The van der Waals surface area contributed by atoms with E-state index in [-0.39, 0.29) is 23.6 Å². The number of piperidine rings is 2. The first-order valence-electron chi connectivity index (χ1n) is 43.5. The molecule has 23 nitrogen and oxygen atoms in total. The number of rotatable bonds is 19. The standard InChI is InChI=1S/C27H28N4O.C25H27N5O.2C24H25N5O/c32-27(12-9-21-6-2-1-3-7-21)30-17-13-22(14-18-30)20-31-19-15-25-26(31)11-10-24(29-25)23-8-4-5-16-28-23;31-25(15-19-5-2-1-3-6-19)29-12-4-7-20(10-13-29)18-30-14-11-23-24(30)9-8-22(28-23)21-16-26-27-17-21;1-27-17-20(15-25-27)21-7-8-23-22(26-21)11-14-29(23)16-18-9-12-28(13-10-18)24(30)19-5-3-2-4-6-19;30-24(19-6-2-1-3-7-19)28-12-4-5-18(10-13-28)17-29-14-11-22-23(29)9-8-21(27-22)20-15-25-26-16-20/h1-8,10-11,15-16,19,22H,9,12-14,17-18,20H2;1-3,5-6,8-9,11,14,16-17,20H,4,7,10,12-13,15,18H2,(H,26,27);2-8,11,14-15,17-18H,9-10,12-13,16H2,1H3;1-3,6-9,11,14-16,18H,4-5,10,12-13,17H2,(H,25,26). The highest BCUT2D eigenvalue weighted by Crippen LogP contribution is 2.32. The average Bonchev–Trinajstić information content (AvgIpc) is 1.69. The molecular formula is C100H105N19O4. The van der Waals surface area contributed by atoms with Gasteiger partial charge in [-0.3, -0.25) is 39.0 Å². The molecule has 2 N–H and O–H groups in total. The van der Waals surface area contributed by atoms with Crippen LogP contribution in [0, 0.1) is 23.7 Å². The monoisotopic (exact) mass is 1640 g/mol. The van der Waals surface area contributed by atoms with Crippen LogP contribution in [0.25, 0.3) is 89.3 Å². The maximum absolute atomic E-state index is 12.8. The molecule has 4 aliphatic rings. The lowest BCUT2D eigenvalue weighted by Crippen LogP contribution is -2.39. The molecule has 16 heterocycles. The van der Waals surface area contributed by atoms with Crippen molar-refractivity contribution in [3.63, 3.8) is 0 Å². The molecule has 23 heteroatoms. The Morgan fingerprint density at radius 3 is 1.16 bits per heavy atom. The van der Waals surface area contributed by atoms with E-state index in [4.69, 9.17) is 19.9 Å². The second-order valence-electron chi connectivity index (χ2n) is 33.1. The van der Waals surface area contributed by atoms with Crippen LogP contribution in [0.4, 0.5) is 0 Å². The van der Waals surface area contributed by atoms with Gasteiger partial charge < -0.3 is 37.9 Å². The molecule has 4 fully saturated rings. The fraction of sp³-hybridized carbons (Fsp3) is 0.300. The molecule has 2 unspecified atom stereocenters. The highest BCUT2D eigenvalue weighted by atomic mass is 16.2. The summed E-state index contributed by atoms with van der Waals surface area (Å²) in [5.41, 5.74) is 20.2. The Kier molecular flexibility index (Phi) is 26.0. The molecule has 624 valence electrons. The number of amides is 4. The van der Waals surface area contributed by atoms with Crippen molar-refractivity contribution in [3.8, 4) is 45.2 Å². The van der Waals surface area contributed by atoms with Crippen LogP contribution in [0.5, 0.6) is 0 Å². The fourth-order valence-corrected chi connectivity index (χ4v) is 17.8. The number of hydrogen-bond acceptors (Lipinski definition) is 12. The minimum atomic E-state index is 0.146. The van der Waals surface area contributed by atoms with Gasteiger partial charge in [-0.1, -0.05) is 103 Å². The topological polar surface area (TPSA) is 241 Å². The van der Waals surface area contributed by atoms with Gasteiger partial charge in [0.1, 0.15) is 0 Å². The summed E-state index contributed by atoms with van der Waals surface area (Å²) < 4.78 is 11.0. The van der Waals surface area contributed by atoms with E-state index in [1.54, 1.807) is 23.3 Å².